The highest BCUT2D eigenvalue weighted by atomic mass is 32.2. The van der Waals surface area contributed by atoms with Gasteiger partial charge in [0.25, 0.3) is 0 Å². The van der Waals surface area contributed by atoms with Gasteiger partial charge in [-0.2, -0.15) is 0 Å². The molecule has 0 aromatic carbocycles. The number of anilines is 1. The van der Waals surface area contributed by atoms with E-state index in [0.29, 0.717) is 0 Å². The lowest BCUT2D eigenvalue weighted by atomic mass is 10.3. The molecule has 0 atom stereocenters. The van der Waals surface area contributed by atoms with Crippen molar-refractivity contribution in [2.75, 3.05) is 11.9 Å². The summed E-state index contributed by atoms with van der Waals surface area (Å²) >= 11 is 1.88. The third-order valence-corrected chi connectivity index (χ3v) is 3.36. The molecule has 1 aromatic rings. The molecule has 0 aliphatic rings. The number of thioether (sulfide) groups is 1. The molecule has 1 N–H and O–H groups in total. The largest absolute Gasteiger partial charge is 0.370 e. The molecule has 1 aromatic heterocycles. The van der Waals surface area contributed by atoms with E-state index in [-0.39, 0.29) is 4.75 Å². The van der Waals surface area contributed by atoms with E-state index < -0.39 is 0 Å². The Morgan fingerprint density at radius 3 is 2.59 bits per heavy atom. The van der Waals surface area contributed by atoms with Crippen LogP contribution >= 0.6 is 11.8 Å². The van der Waals surface area contributed by atoms with E-state index >= 15 is 0 Å². The fourth-order valence-corrected chi connectivity index (χ4v) is 2.01. The number of nitrogens with one attached hydrogen (secondary N) is 1. The van der Waals surface area contributed by atoms with Crippen LogP contribution in [0.4, 0.5) is 5.82 Å². The maximum atomic E-state index is 4.53. The van der Waals surface area contributed by atoms with Gasteiger partial charge in [-0.05, 0) is 13.3 Å². The molecule has 0 amide bonds. The zero-order valence-electron chi connectivity index (χ0n) is 11.5. The summed E-state index contributed by atoms with van der Waals surface area (Å²) in [5.41, 5.74) is 1.03. The summed E-state index contributed by atoms with van der Waals surface area (Å²) in [4.78, 5) is 9.00. The fourth-order valence-electron chi connectivity index (χ4n) is 1.32. The molecule has 1 rings (SSSR count). The van der Waals surface area contributed by atoms with Crippen LogP contribution in [0, 0.1) is 6.92 Å². The van der Waals surface area contributed by atoms with Gasteiger partial charge in [-0.25, -0.2) is 9.97 Å². The average Bonchev–Trinajstić information content (AvgIpc) is 2.22. The minimum atomic E-state index is 0.254. The van der Waals surface area contributed by atoms with Crippen molar-refractivity contribution in [1.29, 1.82) is 0 Å². The highest BCUT2D eigenvalue weighted by Crippen LogP contribution is 2.26. The molecule has 0 saturated heterocycles. The lowest BCUT2D eigenvalue weighted by molar-refractivity contribution is 0.799. The Bertz CT molecular complexity index is 358. The second-order valence-corrected chi connectivity index (χ2v) is 6.94. The SMILES string of the molecule is CCCNc1cc(C)nc(CSC(C)(C)C)n1. The Balaban J connectivity index is 2.68. The highest BCUT2D eigenvalue weighted by Gasteiger charge is 2.12. The van der Waals surface area contributed by atoms with E-state index in [0.717, 1.165) is 36.1 Å². The number of rotatable bonds is 5. The number of nitrogens with zero attached hydrogens (tertiary/aromatic N) is 2. The topological polar surface area (TPSA) is 37.8 Å². The minimum Gasteiger partial charge on any atom is -0.370 e. The first-order valence-electron chi connectivity index (χ1n) is 6.13. The molecule has 0 saturated carbocycles. The lowest BCUT2D eigenvalue weighted by Gasteiger charge is -2.17. The summed E-state index contributed by atoms with van der Waals surface area (Å²) < 4.78 is 0.254. The van der Waals surface area contributed by atoms with Gasteiger partial charge in [0.1, 0.15) is 11.6 Å². The van der Waals surface area contributed by atoms with Crippen molar-refractivity contribution < 1.29 is 0 Å². The summed E-state index contributed by atoms with van der Waals surface area (Å²) in [6.07, 6.45) is 1.11. The summed E-state index contributed by atoms with van der Waals surface area (Å²) in [6.45, 7) is 11.8. The molecule has 0 aliphatic carbocycles. The molecule has 0 spiro atoms. The molecule has 96 valence electrons. The molecule has 17 heavy (non-hydrogen) atoms. The van der Waals surface area contributed by atoms with Crippen molar-refractivity contribution in [2.24, 2.45) is 0 Å². The molecule has 4 heteroatoms. The van der Waals surface area contributed by atoms with Crippen LogP contribution in [0.3, 0.4) is 0 Å². The van der Waals surface area contributed by atoms with E-state index in [1.807, 2.05) is 24.8 Å². The molecular weight excluding hydrogens is 230 g/mol. The summed E-state index contributed by atoms with van der Waals surface area (Å²) in [5.74, 6) is 2.73. The standard InChI is InChI=1S/C13H23N3S/c1-6-7-14-11-8-10(2)15-12(16-11)9-17-13(3,4)5/h8H,6-7,9H2,1-5H3,(H,14,15,16). The third-order valence-electron chi connectivity index (χ3n) is 2.09. The van der Waals surface area contributed by atoms with Crippen LogP contribution in [-0.4, -0.2) is 21.3 Å². The van der Waals surface area contributed by atoms with Crippen molar-refractivity contribution in [3.05, 3.63) is 17.6 Å². The average molecular weight is 253 g/mol. The van der Waals surface area contributed by atoms with Crippen LogP contribution in [0.5, 0.6) is 0 Å². The summed E-state index contributed by atoms with van der Waals surface area (Å²) in [6, 6.07) is 2.00. The van der Waals surface area contributed by atoms with Crippen molar-refractivity contribution >= 4 is 17.6 Å². The first-order valence-corrected chi connectivity index (χ1v) is 7.11. The first-order chi connectivity index (χ1) is 7.90. The normalized spacial score (nSPS) is 11.6. The minimum absolute atomic E-state index is 0.254. The Kier molecular flexibility index (Phi) is 5.25. The number of hydrogen-bond acceptors (Lipinski definition) is 4. The monoisotopic (exact) mass is 253 g/mol. The van der Waals surface area contributed by atoms with Gasteiger partial charge in [0.05, 0.1) is 5.75 Å². The quantitative estimate of drug-likeness (QED) is 0.869. The molecule has 0 radical (unpaired) electrons. The van der Waals surface area contributed by atoms with Gasteiger partial charge in [0, 0.05) is 23.1 Å². The van der Waals surface area contributed by atoms with Gasteiger partial charge >= 0.3 is 0 Å². The molecular formula is C13H23N3S. The maximum Gasteiger partial charge on any atom is 0.140 e. The van der Waals surface area contributed by atoms with Crippen LogP contribution < -0.4 is 5.32 Å². The van der Waals surface area contributed by atoms with Gasteiger partial charge in [-0.15, -0.1) is 11.8 Å². The van der Waals surface area contributed by atoms with E-state index in [4.69, 9.17) is 0 Å². The zero-order valence-corrected chi connectivity index (χ0v) is 12.3. The number of hydrogen-bond donors (Lipinski definition) is 1. The van der Waals surface area contributed by atoms with Crippen LogP contribution in [0.1, 0.15) is 45.6 Å². The van der Waals surface area contributed by atoms with Crippen molar-refractivity contribution in [3.8, 4) is 0 Å². The molecule has 0 aliphatic heterocycles. The Morgan fingerprint density at radius 2 is 2.00 bits per heavy atom. The predicted octanol–water partition coefficient (Wildman–Crippen LogP) is 3.64. The van der Waals surface area contributed by atoms with E-state index in [2.05, 4.69) is 43.0 Å². The Labute approximate surface area is 109 Å². The van der Waals surface area contributed by atoms with E-state index in [1.165, 1.54) is 0 Å². The predicted molar refractivity (Wildman–Crippen MR) is 76.6 cm³/mol. The van der Waals surface area contributed by atoms with E-state index in [9.17, 15) is 0 Å². The van der Waals surface area contributed by atoms with Gasteiger partial charge in [-0.1, -0.05) is 27.7 Å². The summed E-state index contributed by atoms with van der Waals surface area (Å²) in [7, 11) is 0. The van der Waals surface area contributed by atoms with Gasteiger partial charge in [0.2, 0.25) is 0 Å². The second-order valence-electron chi connectivity index (χ2n) is 5.14. The first kappa shape index (κ1) is 14.3. The molecule has 0 fully saturated rings. The van der Waals surface area contributed by atoms with Crippen molar-refractivity contribution in [1.82, 2.24) is 9.97 Å². The van der Waals surface area contributed by atoms with Crippen LogP contribution in [-0.2, 0) is 5.75 Å². The highest BCUT2D eigenvalue weighted by molar-refractivity contribution is 7.99. The second kappa shape index (κ2) is 6.24. The number of aromatic nitrogens is 2. The third kappa shape index (κ3) is 5.91. The molecule has 3 nitrogen and oxygen atoms in total. The number of aryl methyl sites for hydroxylation is 1. The van der Waals surface area contributed by atoms with E-state index in [1.54, 1.807) is 0 Å². The molecule has 0 unspecified atom stereocenters. The lowest BCUT2D eigenvalue weighted by Crippen LogP contribution is -2.10. The Hall–Kier alpha value is -0.770. The van der Waals surface area contributed by atoms with Crippen LogP contribution in [0.2, 0.25) is 0 Å². The van der Waals surface area contributed by atoms with Gasteiger partial charge < -0.3 is 5.32 Å². The van der Waals surface area contributed by atoms with Crippen LogP contribution in [0.25, 0.3) is 0 Å². The van der Waals surface area contributed by atoms with Crippen molar-refractivity contribution in [2.45, 2.75) is 51.5 Å². The van der Waals surface area contributed by atoms with Gasteiger partial charge in [0.15, 0.2) is 0 Å². The molecule has 1 heterocycles. The van der Waals surface area contributed by atoms with Crippen molar-refractivity contribution in [3.63, 3.8) is 0 Å². The van der Waals surface area contributed by atoms with Crippen LogP contribution in [0.15, 0.2) is 6.07 Å². The van der Waals surface area contributed by atoms with Gasteiger partial charge in [-0.3, -0.25) is 0 Å². The maximum absolute atomic E-state index is 4.53. The zero-order chi connectivity index (χ0) is 12.9. The fraction of sp³-hybridized carbons (Fsp3) is 0.692. The smallest absolute Gasteiger partial charge is 0.140 e. The Morgan fingerprint density at radius 1 is 1.29 bits per heavy atom. The molecule has 0 bridgehead atoms. The summed E-state index contributed by atoms with van der Waals surface area (Å²) in [5, 5.41) is 3.31.